The van der Waals surface area contributed by atoms with Crippen molar-refractivity contribution in [2.45, 2.75) is 13.3 Å². The Kier molecular flexibility index (Phi) is 2.83. The molecule has 1 aliphatic heterocycles. The van der Waals surface area contributed by atoms with Gasteiger partial charge in [0.2, 0.25) is 5.95 Å². The van der Waals surface area contributed by atoms with Crippen molar-refractivity contribution in [3.8, 4) is 0 Å². The van der Waals surface area contributed by atoms with Crippen molar-refractivity contribution < 1.29 is 5.11 Å². The SMILES string of the molecule is Cc1cc2c(N3CCC(CO)C3)nc(N)nc2s1. The molecule has 2 aromatic heterocycles. The van der Waals surface area contributed by atoms with Gasteiger partial charge in [0.25, 0.3) is 0 Å². The van der Waals surface area contributed by atoms with Crippen molar-refractivity contribution in [3.63, 3.8) is 0 Å². The van der Waals surface area contributed by atoms with Gasteiger partial charge >= 0.3 is 0 Å². The van der Waals surface area contributed by atoms with Gasteiger partial charge in [-0.2, -0.15) is 4.98 Å². The minimum absolute atomic E-state index is 0.239. The van der Waals surface area contributed by atoms with Crippen LogP contribution in [0.15, 0.2) is 6.07 Å². The highest BCUT2D eigenvalue weighted by atomic mass is 32.1. The first-order chi connectivity index (χ1) is 8.67. The average molecular weight is 264 g/mol. The number of anilines is 2. The zero-order chi connectivity index (χ0) is 12.7. The van der Waals surface area contributed by atoms with Gasteiger partial charge in [-0.1, -0.05) is 0 Å². The zero-order valence-corrected chi connectivity index (χ0v) is 11.1. The van der Waals surface area contributed by atoms with Gasteiger partial charge in [0.1, 0.15) is 10.6 Å². The molecule has 1 unspecified atom stereocenters. The summed E-state index contributed by atoms with van der Waals surface area (Å²) in [7, 11) is 0. The van der Waals surface area contributed by atoms with Crippen LogP contribution >= 0.6 is 11.3 Å². The Labute approximate surface area is 109 Å². The molecule has 1 fully saturated rings. The Morgan fingerprint density at radius 2 is 2.39 bits per heavy atom. The van der Waals surface area contributed by atoms with Gasteiger partial charge in [-0.15, -0.1) is 11.3 Å². The number of nitrogen functional groups attached to an aromatic ring is 1. The molecule has 1 atom stereocenters. The van der Waals surface area contributed by atoms with Gasteiger partial charge < -0.3 is 15.7 Å². The maximum absolute atomic E-state index is 9.22. The summed E-state index contributed by atoms with van der Waals surface area (Å²) in [5.74, 6) is 1.58. The Morgan fingerprint density at radius 3 is 3.11 bits per heavy atom. The average Bonchev–Trinajstić information content (AvgIpc) is 2.93. The summed E-state index contributed by atoms with van der Waals surface area (Å²) in [5, 5.41) is 10.3. The molecule has 1 aliphatic rings. The van der Waals surface area contributed by atoms with E-state index < -0.39 is 0 Å². The predicted octanol–water partition coefficient (Wildman–Crippen LogP) is 1.40. The molecule has 6 heteroatoms. The van der Waals surface area contributed by atoms with Crippen LogP contribution in [0.2, 0.25) is 0 Å². The lowest BCUT2D eigenvalue weighted by Crippen LogP contribution is -2.22. The number of aliphatic hydroxyl groups excluding tert-OH is 1. The molecule has 0 amide bonds. The second-order valence-electron chi connectivity index (χ2n) is 4.76. The molecule has 96 valence electrons. The highest BCUT2D eigenvalue weighted by molar-refractivity contribution is 7.18. The van der Waals surface area contributed by atoms with Crippen LogP contribution < -0.4 is 10.6 Å². The minimum atomic E-state index is 0.239. The molecule has 0 radical (unpaired) electrons. The first kappa shape index (κ1) is 11.7. The summed E-state index contributed by atoms with van der Waals surface area (Å²) >= 11 is 1.64. The number of aryl methyl sites for hydroxylation is 1. The molecule has 3 N–H and O–H groups in total. The number of rotatable bonds is 2. The van der Waals surface area contributed by atoms with Gasteiger partial charge in [0.15, 0.2) is 0 Å². The quantitative estimate of drug-likeness (QED) is 0.857. The molecule has 0 saturated carbocycles. The molecule has 3 rings (SSSR count). The van der Waals surface area contributed by atoms with Crippen LogP contribution in [0.25, 0.3) is 10.2 Å². The lowest BCUT2D eigenvalue weighted by molar-refractivity contribution is 0.238. The standard InChI is InChI=1S/C12H16N4OS/c1-7-4-9-10(14-12(13)15-11(9)18-7)16-3-2-8(5-16)6-17/h4,8,17H,2-3,5-6H2,1H3,(H2,13,14,15). The summed E-state index contributed by atoms with van der Waals surface area (Å²) in [4.78, 5) is 13.0. The zero-order valence-electron chi connectivity index (χ0n) is 10.3. The highest BCUT2D eigenvalue weighted by Gasteiger charge is 2.25. The molecular formula is C12H16N4OS. The highest BCUT2D eigenvalue weighted by Crippen LogP contribution is 2.33. The molecule has 0 aliphatic carbocycles. The van der Waals surface area contributed by atoms with Crippen LogP contribution in [0, 0.1) is 12.8 Å². The normalized spacial score (nSPS) is 19.9. The van der Waals surface area contributed by atoms with E-state index in [0.717, 1.165) is 35.5 Å². The fourth-order valence-corrected chi connectivity index (χ4v) is 3.34. The monoisotopic (exact) mass is 264 g/mol. The van der Waals surface area contributed by atoms with Gasteiger partial charge in [0, 0.05) is 30.5 Å². The molecular weight excluding hydrogens is 248 g/mol. The van der Waals surface area contributed by atoms with Crippen LogP contribution in [0.5, 0.6) is 0 Å². The molecule has 2 aromatic rings. The molecule has 0 bridgehead atoms. The maximum atomic E-state index is 9.22. The van der Waals surface area contributed by atoms with Crippen molar-refractivity contribution in [1.29, 1.82) is 0 Å². The third-order valence-corrected chi connectivity index (χ3v) is 4.30. The molecule has 5 nitrogen and oxygen atoms in total. The van der Waals surface area contributed by atoms with E-state index in [0.29, 0.717) is 11.9 Å². The Balaban J connectivity index is 2.05. The predicted molar refractivity (Wildman–Crippen MR) is 74.0 cm³/mol. The summed E-state index contributed by atoms with van der Waals surface area (Å²) in [6.07, 6.45) is 1.00. The van der Waals surface area contributed by atoms with E-state index in [2.05, 4.69) is 27.9 Å². The van der Waals surface area contributed by atoms with Gasteiger partial charge in [-0.3, -0.25) is 0 Å². The van der Waals surface area contributed by atoms with Gasteiger partial charge in [-0.25, -0.2) is 4.98 Å². The number of nitrogens with zero attached hydrogens (tertiary/aromatic N) is 3. The van der Waals surface area contributed by atoms with E-state index in [1.54, 1.807) is 11.3 Å². The fourth-order valence-electron chi connectivity index (χ4n) is 2.46. The van der Waals surface area contributed by atoms with Crippen molar-refractivity contribution >= 4 is 33.3 Å². The van der Waals surface area contributed by atoms with Gasteiger partial charge in [0.05, 0.1) is 5.39 Å². The van der Waals surface area contributed by atoms with Crippen LogP contribution in [0.3, 0.4) is 0 Å². The van der Waals surface area contributed by atoms with Crippen LogP contribution in [0.1, 0.15) is 11.3 Å². The first-order valence-electron chi connectivity index (χ1n) is 6.07. The van der Waals surface area contributed by atoms with Gasteiger partial charge in [-0.05, 0) is 19.4 Å². The second-order valence-corrected chi connectivity index (χ2v) is 6.00. The molecule has 1 saturated heterocycles. The van der Waals surface area contributed by atoms with Crippen LogP contribution in [-0.4, -0.2) is 34.8 Å². The largest absolute Gasteiger partial charge is 0.396 e. The van der Waals surface area contributed by atoms with Crippen LogP contribution in [-0.2, 0) is 0 Å². The second kappa shape index (κ2) is 4.37. The lowest BCUT2D eigenvalue weighted by atomic mass is 10.1. The van der Waals surface area contributed by atoms with Crippen LogP contribution in [0.4, 0.5) is 11.8 Å². The molecule has 0 aromatic carbocycles. The number of nitrogens with two attached hydrogens (primary N) is 1. The first-order valence-corrected chi connectivity index (χ1v) is 6.88. The van der Waals surface area contributed by atoms with E-state index in [1.165, 1.54) is 4.88 Å². The fraction of sp³-hybridized carbons (Fsp3) is 0.500. The topological polar surface area (TPSA) is 75.3 Å². The molecule has 0 spiro atoms. The van der Waals surface area contributed by atoms with E-state index >= 15 is 0 Å². The van der Waals surface area contributed by atoms with Crippen molar-refractivity contribution in [3.05, 3.63) is 10.9 Å². The smallest absolute Gasteiger partial charge is 0.223 e. The number of hydrogen-bond donors (Lipinski definition) is 2. The number of aliphatic hydroxyl groups is 1. The summed E-state index contributed by atoms with van der Waals surface area (Å²) in [6, 6.07) is 2.11. The minimum Gasteiger partial charge on any atom is -0.396 e. The Hall–Kier alpha value is -1.40. The van der Waals surface area contributed by atoms with Crippen molar-refractivity contribution in [2.75, 3.05) is 30.3 Å². The third kappa shape index (κ3) is 1.91. The number of fused-ring (bicyclic) bond motifs is 1. The number of aromatic nitrogens is 2. The van der Waals surface area contributed by atoms with E-state index in [4.69, 9.17) is 5.73 Å². The lowest BCUT2D eigenvalue weighted by Gasteiger charge is -2.18. The third-order valence-electron chi connectivity index (χ3n) is 3.36. The number of thiophene rings is 1. The molecule has 18 heavy (non-hydrogen) atoms. The molecule has 3 heterocycles. The van der Waals surface area contributed by atoms with Crippen molar-refractivity contribution in [1.82, 2.24) is 9.97 Å². The number of hydrogen-bond acceptors (Lipinski definition) is 6. The van der Waals surface area contributed by atoms with E-state index in [9.17, 15) is 5.11 Å². The maximum Gasteiger partial charge on any atom is 0.223 e. The summed E-state index contributed by atoms with van der Waals surface area (Å²) < 4.78 is 0. The Morgan fingerprint density at radius 1 is 1.56 bits per heavy atom. The summed E-state index contributed by atoms with van der Waals surface area (Å²) in [6.45, 7) is 4.07. The van der Waals surface area contributed by atoms with E-state index in [-0.39, 0.29) is 6.61 Å². The van der Waals surface area contributed by atoms with Crippen molar-refractivity contribution in [2.24, 2.45) is 5.92 Å². The van der Waals surface area contributed by atoms with E-state index in [1.807, 2.05) is 0 Å². The summed E-state index contributed by atoms with van der Waals surface area (Å²) in [5.41, 5.74) is 5.78. The Bertz CT molecular complexity index is 583.